The van der Waals surface area contributed by atoms with Gasteiger partial charge in [-0.3, -0.25) is 4.90 Å². The summed E-state index contributed by atoms with van der Waals surface area (Å²) in [7, 11) is -2.96. The van der Waals surface area contributed by atoms with Gasteiger partial charge in [-0.15, -0.1) is 0 Å². The average molecular weight is 220 g/mol. The van der Waals surface area contributed by atoms with Gasteiger partial charge in [0.1, 0.15) is 0 Å². The summed E-state index contributed by atoms with van der Waals surface area (Å²) < 4.78 is 24.7. The average Bonchev–Trinajstić information content (AvgIpc) is 2.18. The normalized spacial score (nSPS) is 21.7. The molecule has 0 N–H and O–H groups in total. The molecule has 1 heterocycles. The maximum absolute atomic E-state index is 11.5. The van der Waals surface area contributed by atoms with E-state index in [4.69, 9.17) is 0 Å². The van der Waals surface area contributed by atoms with Gasteiger partial charge in [-0.1, -0.05) is 0 Å². The second-order valence-electron chi connectivity index (χ2n) is 3.93. The smallest absolute Gasteiger partial charge is 0.213 e. The molecule has 0 radical (unpaired) electrons. The van der Waals surface area contributed by atoms with Gasteiger partial charge in [0.25, 0.3) is 0 Å². The number of nitrogens with zero attached hydrogens (tertiary/aromatic N) is 2. The third-order valence-electron chi connectivity index (χ3n) is 2.76. The van der Waals surface area contributed by atoms with Gasteiger partial charge in [-0.25, -0.2) is 8.42 Å². The molecule has 1 saturated heterocycles. The zero-order valence-electron chi connectivity index (χ0n) is 9.23. The van der Waals surface area contributed by atoms with Gasteiger partial charge < -0.3 is 0 Å². The SMILES string of the molecule is CCS(=O)(=O)N1CCN(C(C)C)CC1. The van der Waals surface area contributed by atoms with Gasteiger partial charge in [-0.2, -0.15) is 4.31 Å². The van der Waals surface area contributed by atoms with Crippen molar-refractivity contribution in [3.63, 3.8) is 0 Å². The summed E-state index contributed by atoms with van der Waals surface area (Å²) in [4.78, 5) is 2.31. The first-order valence-corrected chi connectivity index (χ1v) is 6.80. The van der Waals surface area contributed by atoms with Crippen LogP contribution in [0.15, 0.2) is 0 Å². The molecule has 14 heavy (non-hydrogen) atoms. The molecule has 0 saturated carbocycles. The molecule has 1 aliphatic heterocycles. The highest BCUT2D eigenvalue weighted by atomic mass is 32.2. The standard InChI is InChI=1S/C9H20N2O2S/c1-4-14(12,13)11-7-5-10(6-8-11)9(2)3/h9H,4-8H2,1-3H3. The van der Waals surface area contributed by atoms with Crippen LogP contribution in [-0.2, 0) is 10.0 Å². The maximum atomic E-state index is 11.5. The molecule has 0 aromatic rings. The molecular weight excluding hydrogens is 200 g/mol. The Kier molecular flexibility index (Phi) is 3.92. The molecule has 0 bridgehead atoms. The molecule has 5 heteroatoms. The van der Waals surface area contributed by atoms with E-state index < -0.39 is 10.0 Å². The molecule has 0 atom stereocenters. The molecule has 0 aromatic heterocycles. The van der Waals surface area contributed by atoms with E-state index in [2.05, 4.69) is 18.7 Å². The molecule has 84 valence electrons. The van der Waals surface area contributed by atoms with E-state index in [0.29, 0.717) is 19.1 Å². The van der Waals surface area contributed by atoms with Crippen LogP contribution in [0.2, 0.25) is 0 Å². The molecule has 0 amide bonds. The molecule has 0 aromatic carbocycles. The fourth-order valence-corrected chi connectivity index (χ4v) is 2.77. The largest absolute Gasteiger partial charge is 0.298 e. The van der Waals surface area contributed by atoms with Crippen molar-refractivity contribution in [3.8, 4) is 0 Å². The Morgan fingerprint density at radius 3 is 2.00 bits per heavy atom. The predicted octanol–water partition coefficient (Wildman–Crippen LogP) is 0.362. The first-order chi connectivity index (χ1) is 6.47. The predicted molar refractivity (Wildman–Crippen MR) is 57.7 cm³/mol. The zero-order valence-corrected chi connectivity index (χ0v) is 10.0. The van der Waals surface area contributed by atoms with E-state index in [-0.39, 0.29) is 5.75 Å². The minimum absolute atomic E-state index is 0.217. The van der Waals surface area contributed by atoms with Gasteiger partial charge in [0.05, 0.1) is 5.75 Å². The van der Waals surface area contributed by atoms with E-state index in [1.54, 1.807) is 11.2 Å². The summed E-state index contributed by atoms with van der Waals surface area (Å²) in [5, 5.41) is 0. The van der Waals surface area contributed by atoms with Crippen LogP contribution in [0.4, 0.5) is 0 Å². The van der Waals surface area contributed by atoms with E-state index in [0.717, 1.165) is 13.1 Å². The number of piperazine rings is 1. The van der Waals surface area contributed by atoms with Crippen molar-refractivity contribution >= 4 is 10.0 Å². The van der Waals surface area contributed by atoms with Crippen LogP contribution in [0.3, 0.4) is 0 Å². The number of hydrogen-bond donors (Lipinski definition) is 0. The van der Waals surface area contributed by atoms with Gasteiger partial charge in [0.15, 0.2) is 0 Å². The lowest BCUT2D eigenvalue weighted by Crippen LogP contribution is -2.50. The Morgan fingerprint density at radius 2 is 1.64 bits per heavy atom. The van der Waals surface area contributed by atoms with Gasteiger partial charge >= 0.3 is 0 Å². The van der Waals surface area contributed by atoms with Crippen LogP contribution >= 0.6 is 0 Å². The van der Waals surface area contributed by atoms with Crippen LogP contribution in [0, 0.1) is 0 Å². The number of hydrogen-bond acceptors (Lipinski definition) is 3. The van der Waals surface area contributed by atoms with Crippen molar-refractivity contribution in [2.75, 3.05) is 31.9 Å². The Balaban J connectivity index is 2.52. The van der Waals surface area contributed by atoms with E-state index in [1.165, 1.54) is 0 Å². The highest BCUT2D eigenvalue weighted by Crippen LogP contribution is 2.09. The molecule has 1 aliphatic rings. The van der Waals surface area contributed by atoms with Gasteiger partial charge in [0, 0.05) is 32.2 Å². The quantitative estimate of drug-likeness (QED) is 0.689. The van der Waals surface area contributed by atoms with Crippen LogP contribution in [-0.4, -0.2) is 55.6 Å². The molecule has 4 nitrogen and oxygen atoms in total. The first-order valence-electron chi connectivity index (χ1n) is 5.19. The van der Waals surface area contributed by atoms with Crippen molar-refractivity contribution < 1.29 is 8.42 Å². The van der Waals surface area contributed by atoms with E-state index in [1.807, 2.05) is 0 Å². The lowest BCUT2D eigenvalue weighted by Gasteiger charge is -2.36. The highest BCUT2D eigenvalue weighted by Gasteiger charge is 2.25. The van der Waals surface area contributed by atoms with Crippen LogP contribution in [0.25, 0.3) is 0 Å². The molecule has 0 unspecified atom stereocenters. The second kappa shape index (κ2) is 4.59. The topological polar surface area (TPSA) is 40.6 Å². The highest BCUT2D eigenvalue weighted by molar-refractivity contribution is 7.89. The third kappa shape index (κ3) is 2.68. The van der Waals surface area contributed by atoms with Crippen molar-refractivity contribution in [2.45, 2.75) is 26.8 Å². The summed E-state index contributed by atoms with van der Waals surface area (Å²) in [6.07, 6.45) is 0. The lowest BCUT2D eigenvalue weighted by atomic mass is 10.3. The Hall–Kier alpha value is -0.130. The summed E-state index contributed by atoms with van der Waals surface area (Å²) in [5.74, 6) is 0.217. The zero-order chi connectivity index (χ0) is 10.8. The van der Waals surface area contributed by atoms with Crippen LogP contribution in [0.5, 0.6) is 0 Å². The summed E-state index contributed by atoms with van der Waals surface area (Å²) in [6.45, 7) is 8.99. The Bertz CT molecular complexity index is 267. The van der Waals surface area contributed by atoms with Crippen LogP contribution in [0.1, 0.15) is 20.8 Å². The Morgan fingerprint density at radius 1 is 1.14 bits per heavy atom. The summed E-state index contributed by atoms with van der Waals surface area (Å²) in [5.41, 5.74) is 0. The molecular formula is C9H20N2O2S. The number of sulfonamides is 1. The van der Waals surface area contributed by atoms with Crippen LogP contribution < -0.4 is 0 Å². The third-order valence-corrected chi connectivity index (χ3v) is 4.64. The Labute approximate surface area is 86.9 Å². The van der Waals surface area contributed by atoms with E-state index >= 15 is 0 Å². The molecule has 1 rings (SSSR count). The minimum Gasteiger partial charge on any atom is -0.298 e. The fraction of sp³-hybridized carbons (Fsp3) is 1.00. The summed E-state index contributed by atoms with van der Waals surface area (Å²) in [6, 6.07) is 0.515. The van der Waals surface area contributed by atoms with Gasteiger partial charge in [-0.05, 0) is 20.8 Å². The molecule has 0 spiro atoms. The lowest BCUT2D eigenvalue weighted by molar-refractivity contribution is 0.154. The fourth-order valence-electron chi connectivity index (χ4n) is 1.68. The van der Waals surface area contributed by atoms with Crippen molar-refractivity contribution in [1.82, 2.24) is 9.21 Å². The minimum atomic E-state index is -2.96. The first kappa shape index (κ1) is 11.9. The monoisotopic (exact) mass is 220 g/mol. The van der Waals surface area contributed by atoms with E-state index in [9.17, 15) is 8.42 Å². The van der Waals surface area contributed by atoms with Gasteiger partial charge in [0.2, 0.25) is 10.0 Å². The molecule has 0 aliphatic carbocycles. The second-order valence-corrected chi connectivity index (χ2v) is 6.19. The molecule has 1 fully saturated rings. The summed E-state index contributed by atoms with van der Waals surface area (Å²) >= 11 is 0. The number of rotatable bonds is 3. The van der Waals surface area contributed by atoms with Crippen molar-refractivity contribution in [1.29, 1.82) is 0 Å². The maximum Gasteiger partial charge on any atom is 0.213 e. The van der Waals surface area contributed by atoms with Crippen molar-refractivity contribution in [2.24, 2.45) is 0 Å². The van der Waals surface area contributed by atoms with Crippen molar-refractivity contribution in [3.05, 3.63) is 0 Å².